The van der Waals surface area contributed by atoms with E-state index in [1.807, 2.05) is 0 Å². The summed E-state index contributed by atoms with van der Waals surface area (Å²) in [4.78, 5) is 0. The van der Waals surface area contributed by atoms with Crippen LogP contribution in [0.3, 0.4) is 0 Å². The van der Waals surface area contributed by atoms with E-state index in [0.29, 0.717) is 0 Å². The summed E-state index contributed by atoms with van der Waals surface area (Å²) in [6, 6.07) is 9.33. The highest BCUT2D eigenvalue weighted by Gasteiger charge is 2.40. The second kappa shape index (κ2) is 8.90. The van der Waals surface area contributed by atoms with Crippen LogP contribution in [0.15, 0.2) is 55.2 Å². The molecule has 0 spiro atoms. The third-order valence-corrected chi connectivity index (χ3v) is 6.89. The average molecular weight is 417 g/mol. The van der Waals surface area contributed by atoms with Crippen molar-refractivity contribution in [2.45, 2.75) is 85.4 Å². The minimum atomic E-state index is 0.0112. The Bertz CT molecular complexity index is 1060. The molecule has 0 N–H and O–H groups in total. The van der Waals surface area contributed by atoms with Crippen LogP contribution >= 0.6 is 0 Å². The van der Waals surface area contributed by atoms with Crippen LogP contribution in [-0.4, -0.2) is 0 Å². The second-order valence-corrected chi connectivity index (χ2v) is 9.44. The SMILES string of the molecule is CCCC[n+]1ccc(-c2cc3c(c[n+]2CC)-c2cc[n+](CCCC)cc2C3(C)C)cc1. The number of fused-ring (bicyclic) bond motifs is 3. The molecular weight excluding hydrogens is 378 g/mol. The van der Waals surface area contributed by atoms with Gasteiger partial charge in [-0.15, -0.1) is 0 Å². The molecule has 3 heterocycles. The lowest BCUT2D eigenvalue weighted by molar-refractivity contribution is -0.697. The standard InChI is InChI=1S/C28H38N3/c1-6-9-14-29-16-11-22(12-17-29)27-19-25-24(20-31(27)8-3)23-13-18-30(15-10-7-2)21-26(23)28(25,4)5/h11-13,16-21H,6-10,14-15H2,1-5H3/q+3. The lowest BCUT2D eigenvalue weighted by Crippen LogP contribution is -2.36. The zero-order valence-corrected chi connectivity index (χ0v) is 20.0. The lowest BCUT2D eigenvalue weighted by atomic mass is 9.83. The Kier molecular flexibility index (Phi) is 6.22. The molecule has 0 fully saturated rings. The Balaban J connectivity index is 1.76. The van der Waals surface area contributed by atoms with Crippen LogP contribution in [0, 0.1) is 0 Å². The Morgan fingerprint density at radius 1 is 0.742 bits per heavy atom. The maximum Gasteiger partial charge on any atom is 0.213 e. The van der Waals surface area contributed by atoms with Crippen molar-refractivity contribution in [2.24, 2.45) is 0 Å². The van der Waals surface area contributed by atoms with Crippen molar-refractivity contribution < 1.29 is 13.7 Å². The predicted molar refractivity (Wildman–Crippen MR) is 126 cm³/mol. The van der Waals surface area contributed by atoms with Crippen LogP contribution in [0.5, 0.6) is 0 Å². The van der Waals surface area contributed by atoms with Gasteiger partial charge in [-0.05, 0) is 12.5 Å². The largest absolute Gasteiger partial charge is 0.213 e. The number of aryl methyl sites for hydroxylation is 3. The fraction of sp³-hybridized carbons (Fsp3) is 0.464. The molecule has 162 valence electrons. The van der Waals surface area contributed by atoms with E-state index in [4.69, 9.17) is 0 Å². The maximum absolute atomic E-state index is 2.45. The second-order valence-electron chi connectivity index (χ2n) is 9.44. The van der Waals surface area contributed by atoms with E-state index in [2.05, 4.69) is 104 Å². The van der Waals surface area contributed by atoms with Crippen molar-refractivity contribution in [3.8, 4) is 22.4 Å². The molecule has 3 aromatic rings. The fourth-order valence-corrected chi connectivity index (χ4v) is 4.85. The summed E-state index contributed by atoms with van der Waals surface area (Å²) in [5.41, 5.74) is 8.29. The topological polar surface area (TPSA) is 11.6 Å². The van der Waals surface area contributed by atoms with Gasteiger partial charge in [-0.1, -0.05) is 40.5 Å². The summed E-state index contributed by atoms with van der Waals surface area (Å²) in [5.74, 6) is 0. The van der Waals surface area contributed by atoms with Gasteiger partial charge >= 0.3 is 0 Å². The number of hydrogen-bond donors (Lipinski definition) is 0. The van der Waals surface area contributed by atoms with Crippen molar-refractivity contribution in [1.82, 2.24) is 0 Å². The molecule has 0 radical (unpaired) electrons. The molecule has 0 atom stereocenters. The first-order chi connectivity index (χ1) is 15.0. The van der Waals surface area contributed by atoms with Crippen molar-refractivity contribution in [3.05, 3.63) is 66.4 Å². The van der Waals surface area contributed by atoms with Gasteiger partial charge in [-0.25, -0.2) is 9.13 Å². The van der Waals surface area contributed by atoms with Crippen LogP contribution in [0.25, 0.3) is 22.4 Å². The molecule has 3 aromatic heterocycles. The van der Waals surface area contributed by atoms with Crippen LogP contribution in [0.2, 0.25) is 0 Å². The van der Waals surface area contributed by atoms with Gasteiger partial charge < -0.3 is 0 Å². The Hall–Kier alpha value is -2.55. The highest BCUT2D eigenvalue weighted by molar-refractivity contribution is 5.80. The summed E-state index contributed by atoms with van der Waals surface area (Å²) < 4.78 is 7.08. The van der Waals surface area contributed by atoms with Gasteiger partial charge in [0.25, 0.3) is 0 Å². The smallest absolute Gasteiger partial charge is 0.205 e. The summed E-state index contributed by atoms with van der Waals surface area (Å²) in [6.45, 7) is 14.7. The number of nitrogens with zero attached hydrogens (tertiary/aromatic N) is 3. The van der Waals surface area contributed by atoms with Gasteiger partial charge in [-0.2, -0.15) is 4.57 Å². The van der Waals surface area contributed by atoms with Crippen molar-refractivity contribution >= 4 is 0 Å². The average Bonchev–Trinajstić information content (AvgIpc) is 3.01. The van der Waals surface area contributed by atoms with E-state index >= 15 is 0 Å². The number of rotatable bonds is 8. The van der Waals surface area contributed by atoms with Gasteiger partial charge in [0.05, 0.1) is 11.1 Å². The summed E-state index contributed by atoms with van der Waals surface area (Å²) in [5, 5.41) is 0. The molecule has 0 amide bonds. The van der Waals surface area contributed by atoms with Crippen molar-refractivity contribution in [3.63, 3.8) is 0 Å². The molecule has 0 unspecified atom stereocenters. The van der Waals surface area contributed by atoms with Crippen molar-refractivity contribution in [2.75, 3.05) is 0 Å². The van der Waals surface area contributed by atoms with Gasteiger partial charge in [0, 0.05) is 53.6 Å². The quantitative estimate of drug-likeness (QED) is 0.451. The van der Waals surface area contributed by atoms with Crippen LogP contribution in [-0.2, 0) is 25.0 Å². The van der Waals surface area contributed by atoms with E-state index in [1.165, 1.54) is 59.2 Å². The lowest BCUT2D eigenvalue weighted by Gasteiger charge is -2.20. The Labute approximate surface area is 188 Å². The van der Waals surface area contributed by atoms with Gasteiger partial charge in [0.1, 0.15) is 19.6 Å². The minimum Gasteiger partial charge on any atom is -0.205 e. The van der Waals surface area contributed by atoms with Gasteiger partial charge in [0.15, 0.2) is 31.0 Å². The van der Waals surface area contributed by atoms with E-state index in [0.717, 1.165) is 19.6 Å². The van der Waals surface area contributed by atoms with Crippen LogP contribution in [0.1, 0.15) is 71.4 Å². The fourth-order valence-electron chi connectivity index (χ4n) is 4.85. The molecule has 0 saturated carbocycles. The molecule has 0 bridgehead atoms. The Morgan fingerprint density at radius 3 is 2.03 bits per heavy atom. The molecule has 4 rings (SSSR count). The van der Waals surface area contributed by atoms with E-state index in [1.54, 1.807) is 0 Å². The molecule has 0 aromatic carbocycles. The molecule has 3 heteroatoms. The van der Waals surface area contributed by atoms with E-state index < -0.39 is 0 Å². The summed E-state index contributed by atoms with van der Waals surface area (Å²) in [6.07, 6.45) is 16.4. The molecule has 1 aliphatic carbocycles. The molecule has 0 saturated heterocycles. The van der Waals surface area contributed by atoms with Gasteiger partial charge in [-0.3, -0.25) is 0 Å². The van der Waals surface area contributed by atoms with Crippen LogP contribution in [0.4, 0.5) is 0 Å². The molecule has 31 heavy (non-hydrogen) atoms. The monoisotopic (exact) mass is 416 g/mol. The third-order valence-electron chi connectivity index (χ3n) is 6.89. The van der Waals surface area contributed by atoms with Crippen LogP contribution < -0.4 is 13.7 Å². The Morgan fingerprint density at radius 2 is 1.39 bits per heavy atom. The zero-order valence-electron chi connectivity index (χ0n) is 20.0. The summed E-state index contributed by atoms with van der Waals surface area (Å²) >= 11 is 0. The number of pyridine rings is 3. The van der Waals surface area contributed by atoms with Crippen molar-refractivity contribution in [1.29, 1.82) is 0 Å². The first-order valence-electron chi connectivity index (χ1n) is 12.1. The number of unbranched alkanes of at least 4 members (excludes halogenated alkanes) is 2. The molecular formula is C28H38N3+3. The maximum atomic E-state index is 2.45. The normalized spacial score (nSPS) is 13.8. The van der Waals surface area contributed by atoms with Gasteiger partial charge in [0.2, 0.25) is 5.69 Å². The summed E-state index contributed by atoms with van der Waals surface area (Å²) in [7, 11) is 0. The number of hydrogen-bond acceptors (Lipinski definition) is 0. The highest BCUT2D eigenvalue weighted by atomic mass is 15.0. The minimum absolute atomic E-state index is 0.0112. The third kappa shape index (κ3) is 4.03. The van der Waals surface area contributed by atoms with E-state index in [-0.39, 0.29) is 5.41 Å². The molecule has 0 aliphatic heterocycles. The number of aromatic nitrogens is 3. The zero-order chi connectivity index (χ0) is 22.0. The first-order valence-corrected chi connectivity index (χ1v) is 12.1. The molecule has 1 aliphatic rings. The van der Waals surface area contributed by atoms with E-state index in [9.17, 15) is 0 Å². The predicted octanol–water partition coefficient (Wildman–Crippen LogP) is 5.14. The highest BCUT2D eigenvalue weighted by Crippen LogP contribution is 2.48. The molecule has 3 nitrogen and oxygen atoms in total. The first kappa shape index (κ1) is 21.7.